The first-order valence-electron chi connectivity index (χ1n) is 6.79. The zero-order valence-electron chi connectivity index (χ0n) is 11.9. The zero-order chi connectivity index (χ0) is 14.5. The van der Waals surface area contributed by atoms with Gasteiger partial charge >= 0.3 is 0 Å². The number of amides is 1. The molecule has 1 aromatic carbocycles. The average molecular weight is 281 g/mol. The van der Waals surface area contributed by atoms with Crippen molar-refractivity contribution < 1.29 is 18.7 Å². The summed E-state index contributed by atoms with van der Waals surface area (Å²) < 4.78 is 24.2. The van der Waals surface area contributed by atoms with Crippen molar-refractivity contribution in [1.82, 2.24) is 0 Å². The van der Waals surface area contributed by atoms with Gasteiger partial charge in [0.25, 0.3) is 5.91 Å². The molecule has 2 rings (SSSR count). The van der Waals surface area contributed by atoms with Crippen molar-refractivity contribution in [3.63, 3.8) is 0 Å². The summed E-state index contributed by atoms with van der Waals surface area (Å²) in [6.45, 7) is 3.16. The maximum atomic E-state index is 14.1. The maximum Gasteiger partial charge on any atom is 0.253 e. The number of hydrogen-bond donors (Lipinski definition) is 0. The van der Waals surface area contributed by atoms with Crippen LogP contribution in [0.4, 0.5) is 10.1 Å². The Labute approximate surface area is 118 Å². The van der Waals surface area contributed by atoms with Crippen molar-refractivity contribution in [2.75, 3.05) is 38.4 Å². The Balaban J connectivity index is 2.10. The first kappa shape index (κ1) is 14.9. The Bertz CT molecular complexity index is 490. The lowest BCUT2D eigenvalue weighted by Gasteiger charge is -2.30. The molecule has 0 aromatic heterocycles. The van der Waals surface area contributed by atoms with Gasteiger partial charge in [-0.25, -0.2) is 4.39 Å². The van der Waals surface area contributed by atoms with Crippen molar-refractivity contribution in [2.45, 2.75) is 19.8 Å². The Kier molecular flexibility index (Phi) is 5.09. The molecule has 0 N–H and O–H groups in total. The molecule has 20 heavy (non-hydrogen) atoms. The Morgan fingerprint density at radius 1 is 1.40 bits per heavy atom. The largest absolute Gasteiger partial charge is 0.382 e. The smallest absolute Gasteiger partial charge is 0.253 e. The summed E-state index contributed by atoms with van der Waals surface area (Å²) in [5.41, 5.74) is 2.20. The fraction of sp³-hybridized carbons (Fsp3) is 0.533. The number of ether oxygens (including phenoxy) is 2. The minimum absolute atomic E-state index is 0.0455. The van der Waals surface area contributed by atoms with Crippen LogP contribution in [0.25, 0.3) is 0 Å². The van der Waals surface area contributed by atoms with Gasteiger partial charge in [0, 0.05) is 13.7 Å². The molecule has 0 aliphatic carbocycles. The van der Waals surface area contributed by atoms with Crippen LogP contribution in [0, 0.1) is 12.7 Å². The third kappa shape index (κ3) is 3.35. The number of rotatable bonds is 5. The van der Waals surface area contributed by atoms with E-state index >= 15 is 0 Å². The summed E-state index contributed by atoms with van der Waals surface area (Å²) in [6.07, 6.45) is 1.65. The third-order valence-corrected chi connectivity index (χ3v) is 3.34. The second kappa shape index (κ2) is 6.81. The number of anilines is 1. The third-order valence-electron chi connectivity index (χ3n) is 3.34. The Morgan fingerprint density at radius 2 is 2.20 bits per heavy atom. The van der Waals surface area contributed by atoms with Crippen molar-refractivity contribution >= 4 is 11.6 Å². The van der Waals surface area contributed by atoms with Gasteiger partial charge in [0.2, 0.25) is 0 Å². The van der Waals surface area contributed by atoms with Gasteiger partial charge in [0.1, 0.15) is 12.4 Å². The molecule has 0 saturated heterocycles. The van der Waals surface area contributed by atoms with E-state index in [1.54, 1.807) is 7.11 Å². The highest BCUT2D eigenvalue weighted by atomic mass is 19.1. The molecule has 0 bridgehead atoms. The number of carbonyl (C=O) groups is 1. The van der Waals surface area contributed by atoms with E-state index in [2.05, 4.69) is 0 Å². The van der Waals surface area contributed by atoms with E-state index < -0.39 is 0 Å². The van der Waals surface area contributed by atoms with Gasteiger partial charge in [-0.15, -0.1) is 0 Å². The van der Waals surface area contributed by atoms with E-state index in [4.69, 9.17) is 9.47 Å². The highest BCUT2D eigenvalue weighted by Gasteiger charge is 2.25. The number of hydrogen-bond acceptors (Lipinski definition) is 3. The lowest BCUT2D eigenvalue weighted by Crippen LogP contribution is -2.39. The van der Waals surface area contributed by atoms with E-state index in [-0.39, 0.29) is 18.3 Å². The quantitative estimate of drug-likeness (QED) is 0.776. The molecule has 1 aliphatic rings. The normalized spacial score (nSPS) is 14.2. The van der Waals surface area contributed by atoms with E-state index in [1.807, 2.05) is 13.0 Å². The number of benzene rings is 1. The van der Waals surface area contributed by atoms with Crippen LogP contribution in [0.3, 0.4) is 0 Å². The number of aryl methyl sites for hydroxylation is 2. The predicted octanol–water partition coefficient (Wildman–Crippen LogP) is 2.08. The van der Waals surface area contributed by atoms with Crippen LogP contribution >= 0.6 is 0 Å². The molecular formula is C15H20FNO3. The molecule has 0 unspecified atom stereocenters. The van der Waals surface area contributed by atoms with Gasteiger partial charge in [0.05, 0.1) is 18.9 Å². The second-order valence-electron chi connectivity index (χ2n) is 4.95. The molecule has 0 atom stereocenters. The van der Waals surface area contributed by atoms with Crippen molar-refractivity contribution in [1.29, 1.82) is 0 Å². The fourth-order valence-electron chi connectivity index (χ4n) is 2.47. The molecule has 5 heteroatoms. The van der Waals surface area contributed by atoms with Crippen molar-refractivity contribution in [2.24, 2.45) is 0 Å². The van der Waals surface area contributed by atoms with Crippen LogP contribution in [-0.2, 0) is 20.7 Å². The van der Waals surface area contributed by atoms with E-state index in [0.29, 0.717) is 25.4 Å². The molecular weight excluding hydrogens is 261 g/mol. The topological polar surface area (TPSA) is 38.8 Å². The Hall–Kier alpha value is -1.46. The molecule has 0 fully saturated rings. The molecule has 0 saturated carbocycles. The number of methoxy groups -OCH3 is 1. The zero-order valence-corrected chi connectivity index (χ0v) is 11.9. The summed E-state index contributed by atoms with van der Waals surface area (Å²) in [5, 5.41) is 0. The summed E-state index contributed by atoms with van der Waals surface area (Å²) in [5.74, 6) is -0.533. The van der Waals surface area contributed by atoms with Crippen LogP contribution in [0.2, 0.25) is 0 Å². The number of carbonyl (C=O) groups excluding carboxylic acids is 1. The highest BCUT2D eigenvalue weighted by Crippen LogP contribution is 2.31. The van der Waals surface area contributed by atoms with Crippen LogP contribution in [0.15, 0.2) is 12.1 Å². The van der Waals surface area contributed by atoms with Crippen LogP contribution < -0.4 is 4.90 Å². The summed E-state index contributed by atoms with van der Waals surface area (Å²) in [4.78, 5) is 13.7. The minimum atomic E-state index is -0.329. The Morgan fingerprint density at radius 3 is 2.95 bits per heavy atom. The molecule has 0 radical (unpaired) electrons. The molecule has 1 aromatic rings. The van der Waals surface area contributed by atoms with Crippen molar-refractivity contribution in [3.8, 4) is 0 Å². The average Bonchev–Trinajstić information content (AvgIpc) is 2.42. The van der Waals surface area contributed by atoms with Gasteiger partial charge in [0.15, 0.2) is 0 Å². The maximum absolute atomic E-state index is 14.1. The van der Waals surface area contributed by atoms with Crippen LogP contribution in [0.1, 0.15) is 17.5 Å². The fourth-order valence-corrected chi connectivity index (χ4v) is 2.47. The second-order valence-corrected chi connectivity index (χ2v) is 4.95. The van der Waals surface area contributed by atoms with Gasteiger partial charge in [-0.1, -0.05) is 6.07 Å². The molecule has 110 valence electrons. The van der Waals surface area contributed by atoms with Crippen molar-refractivity contribution in [3.05, 3.63) is 29.1 Å². The summed E-state index contributed by atoms with van der Waals surface area (Å²) >= 11 is 0. The number of nitrogens with zero attached hydrogens (tertiary/aromatic N) is 1. The summed E-state index contributed by atoms with van der Waals surface area (Å²) in [6, 6.07) is 3.42. The van der Waals surface area contributed by atoms with Gasteiger partial charge in [-0.2, -0.15) is 0 Å². The molecule has 0 spiro atoms. The van der Waals surface area contributed by atoms with E-state index in [0.717, 1.165) is 24.0 Å². The van der Waals surface area contributed by atoms with Gasteiger partial charge in [-0.3, -0.25) is 4.79 Å². The molecule has 1 aliphatic heterocycles. The van der Waals surface area contributed by atoms with Crippen LogP contribution in [0.5, 0.6) is 0 Å². The molecule has 4 nitrogen and oxygen atoms in total. The predicted molar refractivity (Wildman–Crippen MR) is 74.5 cm³/mol. The van der Waals surface area contributed by atoms with E-state index in [1.165, 1.54) is 11.0 Å². The lowest BCUT2D eigenvalue weighted by molar-refractivity contribution is -0.123. The monoisotopic (exact) mass is 281 g/mol. The van der Waals surface area contributed by atoms with E-state index in [9.17, 15) is 9.18 Å². The first-order valence-corrected chi connectivity index (χ1v) is 6.79. The molecule has 1 heterocycles. The highest BCUT2D eigenvalue weighted by molar-refractivity contribution is 5.95. The van der Waals surface area contributed by atoms with Gasteiger partial charge in [-0.05, 0) is 37.0 Å². The number of fused-ring (bicyclic) bond motifs is 1. The summed E-state index contributed by atoms with van der Waals surface area (Å²) in [7, 11) is 1.57. The standard InChI is InChI=1S/C15H20FNO3/c1-11-8-12-4-3-5-17(15(12)13(16)9-11)14(18)10-20-7-6-19-2/h8-9H,3-7,10H2,1-2H3. The lowest BCUT2D eigenvalue weighted by atomic mass is 9.99. The minimum Gasteiger partial charge on any atom is -0.382 e. The SMILES string of the molecule is COCCOCC(=O)N1CCCc2cc(C)cc(F)c21. The first-order chi connectivity index (χ1) is 9.63. The van der Waals surface area contributed by atoms with Gasteiger partial charge < -0.3 is 14.4 Å². The van der Waals surface area contributed by atoms with Crippen LogP contribution in [-0.4, -0.2) is 39.4 Å². The molecule has 1 amide bonds. The number of halogens is 1.